The van der Waals surface area contributed by atoms with E-state index in [1.54, 1.807) is 0 Å². The van der Waals surface area contributed by atoms with Crippen molar-refractivity contribution in [2.24, 2.45) is 5.73 Å². The minimum Gasteiger partial charge on any atom is -0.323 e. The molecule has 1 unspecified atom stereocenters. The first-order valence-electron chi connectivity index (χ1n) is 6.07. The third-order valence-electron chi connectivity index (χ3n) is 2.92. The van der Waals surface area contributed by atoms with Crippen molar-refractivity contribution >= 4 is 22.4 Å². The molecule has 0 aliphatic rings. The van der Waals surface area contributed by atoms with Gasteiger partial charge in [-0.05, 0) is 31.9 Å². The number of nitrogens with one attached hydrogen (secondary N) is 1. The number of nitrogens with two attached hydrogens (primary N) is 1. The number of anilines is 1. The Hall–Kier alpha value is -1.72. The van der Waals surface area contributed by atoms with Crippen molar-refractivity contribution in [3.63, 3.8) is 0 Å². The van der Waals surface area contributed by atoms with E-state index in [2.05, 4.69) is 10.3 Å². The van der Waals surface area contributed by atoms with Gasteiger partial charge in [-0.1, -0.05) is 18.2 Å². The minimum atomic E-state index is -0.124. The molecule has 1 heterocycles. The highest BCUT2D eigenvalue weighted by Crippen LogP contribution is 2.21. The smallest absolute Gasteiger partial charge is 0.257 e. The van der Waals surface area contributed by atoms with Crippen LogP contribution in [-0.2, 0) is 0 Å². The number of amides is 1. The lowest BCUT2D eigenvalue weighted by atomic mass is 10.0. The zero-order chi connectivity index (χ0) is 14.0. The van der Waals surface area contributed by atoms with Crippen molar-refractivity contribution in [1.82, 2.24) is 4.98 Å². The zero-order valence-corrected chi connectivity index (χ0v) is 12.0. The lowest BCUT2D eigenvalue weighted by Gasteiger charge is -2.08. The second-order valence-corrected chi connectivity index (χ2v) is 5.45. The summed E-state index contributed by atoms with van der Waals surface area (Å²) in [7, 11) is 0. The molecular formula is C14H17N3OS. The van der Waals surface area contributed by atoms with E-state index in [1.807, 2.05) is 44.4 Å². The van der Waals surface area contributed by atoms with Crippen LogP contribution in [0, 0.1) is 13.8 Å². The molecule has 0 saturated heterocycles. The summed E-state index contributed by atoms with van der Waals surface area (Å²) >= 11 is 1.39. The highest BCUT2D eigenvalue weighted by molar-refractivity contribution is 7.14. The molecule has 0 fully saturated rings. The molecule has 0 aliphatic carbocycles. The summed E-state index contributed by atoms with van der Waals surface area (Å²) in [5, 5.41) is 5.28. The fourth-order valence-electron chi connectivity index (χ4n) is 1.88. The number of carbonyl (C=O) groups excluding carboxylic acids is 1. The van der Waals surface area contributed by atoms with Gasteiger partial charge in [0, 0.05) is 17.0 Å². The molecule has 1 atom stereocenters. The number of rotatable bonds is 3. The summed E-state index contributed by atoms with van der Waals surface area (Å²) in [6, 6.07) is 5.68. The number of aryl methyl sites for hydroxylation is 2. The summed E-state index contributed by atoms with van der Waals surface area (Å²) in [5.41, 5.74) is 9.17. The van der Waals surface area contributed by atoms with Gasteiger partial charge in [0.25, 0.3) is 5.91 Å². The van der Waals surface area contributed by atoms with Gasteiger partial charge in [0.1, 0.15) is 0 Å². The number of hydrogen-bond acceptors (Lipinski definition) is 4. The molecule has 1 aromatic heterocycles. The van der Waals surface area contributed by atoms with Crippen molar-refractivity contribution < 1.29 is 4.79 Å². The maximum Gasteiger partial charge on any atom is 0.257 e. The van der Waals surface area contributed by atoms with Gasteiger partial charge in [0.15, 0.2) is 5.13 Å². The second-order valence-electron chi connectivity index (χ2n) is 4.59. The molecule has 2 rings (SSSR count). The number of thiazole rings is 1. The van der Waals surface area contributed by atoms with Gasteiger partial charge in [-0.25, -0.2) is 4.98 Å². The first-order chi connectivity index (χ1) is 8.99. The molecule has 1 aromatic carbocycles. The van der Waals surface area contributed by atoms with Crippen LogP contribution in [0.25, 0.3) is 0 Å². The normalized spacial score (nSPS) is 12.2. The Morgan fingerprint density at radius 1 is 1.37 bits per heavy atom. The minimum absolute atomic E-state index is 0.123. The van der Waals surface area contributed by atoms with Crippen molar-refractivity contribution in [2.75, 3.05) is 5.32 Å². The molecule has 0 saturated carbocycles. The molecular weight excluding hydrogens is 258 g/mol. The summed E-state index contributed by atoms with van der Waals surface area (Å²) < 4.78 is 0. The largest absolute Gasteiger partial charge is 0.323 e. The van der Waals surface area contributed by atoms with Crippen LogP contribution in [0.1, 0.15) is 40.1 Å². The summed E-state index contributed by atoms with van der Waals surface area (Å²) in [6.07, 6.45) is 0. The van der Waals surface area contributed by atoms with Crippen LogP contribution in [0.4, 0.5) is 5.13 Å². The fourth-order valence-corrected chi connectivity index (χ4v) is 2.69. The van der Waals surface area contributed by atoms with Crippen molar-refractivity contribution in [1.29, 1.82) is 0 Å². The van der Waals surface area contributed by atoms with Crippen molar-refractivity contribution in [2.45, 2.75) is 26.8 Å². The second kappa shape index (κ2) is 5.50. The van der Waals surface area contributed by atoms with Crippen LogP contribution in [0.5, 0.6) is 0 Å². The SMILES string of the molecule is Cc1cccc(C)c1C(=O)Nc1nc(C(C)N)cs1. The van der Waals surface area contributed by atoms with E-state index in [9.17, 15) is 4.79 Å². The molecule has 2 aromatic rings. The van der Waals surface area contributed by atoms with E-state index >= 15 is 0 Å². The van der Waals surface area contributed by atoms with Crippen LogP contribution in [0.15, 0.2) is 23.6 Å². The molecule has 4 nitrogen and oxygen atoms in total. The zero-order valence-electron chi connectivity index (χ0n) is 11.2. The third-order valence-corrected chi connectivity index (χ3v) is 3.69. The summed E-state index contributed by atoms with van der Waals surface area (Å²) in [5.74, 6) is -0.124. The van der Waals surface area contributed by atoms with Gasteiger partial charge >= 0.3 is 0 Å². The van der Waals surface area contributed by atoms with E-state index in [0.29, 0.717) is 10.7 Å². The molecule has 3 N–H and O–H groups in total. The average Bonchev–Trinajstić information content (AvgIpc) is 2.77. The van der Waals surface area contributed by atoms with Crippen molar-refractivity contribution in [3.8, 4) is 0 Å². The summed E-state index contributed by atoms with van der Waals surface area (Å²) in [4.78, 5) is 16.6. The molecule has 0 radical (unpaired) electrons. The topological polar surface area (TPSA) is 68.0 Å². The lowest BCUT2D eigenvalue weighted by molar-refractivity contribution is 0.102. The van der Waals surface area contributed by atoms with Gasteiger partial charge in [0.05, 0.1) is 5.69 Å². The van der Waals surface area contributed by atoms with E-state index in [-0.39, 0.29) is 11.9 Å². The van der Waals surface area contributed by atoms with Gasteiger partial charge in [0.2, 0.25) is 0 Å². The molecule has 19 heavy (non-hydrogen) atoms. The predicted molar refractivity (Wildman–Crippen MR) is 78.6 cm³/mol. The lowest BCUT2D eigenvalue weighted by Crippen LogP contribution is -2.15. The highest BCUT2D eigenvalue weighted by Gasteiger charge is 2.14. The van der Waals surface area contributed by atoms with Gasteiger partial charge in [-0.15, -0.1) is 11.3 Å². The number of benzene rings is 1. The predicted octanol–water partition coefficient (Wildman–Crippen LogP) is 3.03. The monoisotopic (exact) mass is 275 g/mol. The number of nitrogens with zero attached hydrogens (tertiary/aromatic N) is 1. The van der Waals surface area contributed by atoms with Crippen LogP contribution >= 0.6 is 11.3 Å². The molecule has 100 valence electrons. The molecule has 0 aliphatic heterocycles. The van der Waals surface area contributed by atoms with Crippen LogP contribution in [0.3, 0.4) is 0 Å². The van der Waals surface area contributed by atoms with E-state index in [0.717, 1.165) is 16.8 Å². The Morgan fingerprint density at radius 3 is 2.53 bits per heavy atom. The van der Waals surface area contributed by atoms with Gasteiger partial charge in [-0.2, -0.15) is 0 Å². The summed E-state index contributed by atoms with van der Waals surface area (Å²) in [6.45, 7) is 5.72. The molecule has 0 spiro atoms. The maximum absolute atomic E-state index is 12.3. The highest BCUT2D eigenvalue weighted by atomic mass is 32.1. The van der Waals surface area contributed by atoms with Crippen molar-refractivity contribution in [3.05, 3.63) is 46.0 Å². The Kier molecular flexibility index (Phi) is 3.97. The quantitative estimate of drug-likeness (QED) is 0.904. The maximum atomic E-state index is 12.3. The van der Waals surface area contributed by atoms with Gasteiger partial charge in [-0.3, -0.25) is 10.1 Å². The van der Waals surface area contributed by atoms with E-state index < -0.39 is 0 Å². The van der Waals surface area contributed by atoms with Gasteiger partial charge < -0.3 is 5.73 Å². The fraction of sp³-hybridized carbons (Fsp3) is 0.286. The molecule has 0 bridgehead atoms. The van der Waals surface area contributed by atoms with Crippen LogP contribution in [-0.4, -0.2) is 10.9 Å². The van der Waals surface area contributed by atoms with Crippen LogP contribution in [0.2, 0.25) is 0 Å². The number of aromatic nitrogens is 1. The number of hydrogen-bond donors (Lipinski definition) is 2. The van der Waals surface area contributed by atoms with E-state index in [1.165, 1.54) is 11.3 Å². The Balaban J connectivity index is 2.21. The number of carbonyl (C=O) groups is 1. The molecule has 5 heteroatoms. The Morgan fingerprint density at radius 2 is 2.00 bits per heavy atom. The Labute approximate surface area is 116 Å². The van der Waals surface area contributed by atoms with E-state index in [4.69, 9.17) is 5.73 Å². The Bertz CT molecular complexity index is 584. The first-order valence-corrected chi connectivity index (χ1v) is 6.95. The van der Waals surface area contributed by atoms with Crippen LogP contribution < -0.4 is 11.1 Å². The molecule has 1 amide bonds. The standard InChI is InChI=1S/C14H17N3OS/c1-8-5-4-6-9(2)12(8)13(18)17-14-16-11(7-19-14)10(3)15/h4-7,10H,15H2,1-3H3,(H,16,17,18). The average molecular weight is 275 g/mol. The third kappa shape index (κ3) is 3.00. The first kappa shape index (κ1) is 13.7.